The van der Waals surface area contributed by atoms with Crippen LogP contribution in [0.5, 0.6) is 0 Å². The molecule has 1 heterocycles. The van der Waals surface area contributed by atoms with Crippen LogP contribution >= 0.6 is 0 Å². The molecule has 1 aliphatic heterocycles. The number of hydrogen-bond acceptors (Lipinski definition) is 6. The lowest BCUT2D eigenvalue weighted by molar-refractivity contribution is -0.254. The van der Waals surface area contributed by atoms with Crippen molar-refractivity contribution in [2.75, 3.05) is 13.7 Å². The minimum Gasteiger partial charge on any atom is -0.374 e. The molecule has 0 saturated carbocycles. The van der Waals surface area contributed by atoms with Crippen molar-refractivity contribution in [2.24, 2.45) is 0 Å². The third-order valence-corrected chi connectivity index (χ3v) is 8.42. The maximum atomic E-state index is 13.8. The summed E-state index contributed by atoms with van der Waals surface area (Å²) >= 11 is 0. The van der Waals surface area contributed by atoms with E-state index in [9.17, 15) is 4.79 Å². The van der Waals surface area contributed by atoms with Crippen molar-refractivity contribution in [1.82, 2.24) is 0 Å². The zero-order valence-corrected chi connectivity index (χ0v) is 24.9. The molecule has 4 aromatic rings. The van der Waals surface area contributed by atoms with Crippen LogP contribution in [0.4, 0.5) is 0 Å². The summed E-state index contributed by atoms with van der Waals surface area (Å²) in [5.74, 6) is -0.155. The first-order chi connectivity index (χ1) is 21.7. The molecule has 4 aromatic carbocycles. The summed E-state index contributed by atoms with van der Waals surface area (Å²) < 4.78 is 32.6. The lowest BCUT2D eigenvalue weighted by Crippen LogP contribution is -2.60. The zero-order chi connectivity index (χ0) is 30.2. The van der Waals surface area contributed by atoms with Crippen LogP contribution in [0.3, 0.4) is 0 Å². The molecule has 0 aromatic heterocycles. The molecule has 6 heteroatoms. The maximum absolute atomic E-state index is 13.8. The molecule has 0 radical (unpaired) electrons. The number of carbonyl (C=O) groups is 1. The molecule has 0 bridgehead atoms. The summed E-state index contributed by atoms with van der Waals surface area (Å²) in [5.41, 5.74) is 3.55. The molecule has 1 fully saturated rings. The largest absolute Gasteiger partial charge is 0.374 e. The van der Waals surface area contributed by atoms with Crippen molar-refractivity contribution in [3.05, 3.63) is 149 Å². The van der Waals surface area contributed by atoms with E-state index >= 15 is 0 Å². The highest BCUT2D eigenvalue weighted by Crippen LogP contribution is 2.43. The van der Waals surface area contributed by atoms with Crippen LogP contribution in [0.25, 0.3) is 6.08 Å². The number of ketones is 1. The summed E-state index contributed by atoms with van der Waals surface area (Å²) in [5, 5.41) is 0. The second-order valence-electron chi connectivity index (χ2n) is 11.2. The minimum absolute atomic E-state index is 0.155. The first-order valence-electron chi connectivity index (χ1n) is 15.1. The standard InChI is InChI=1S/C38H38O6/c1-40-38(32-20-12-11-19-31(32)21-22-35(38)39)36-23-33(42-25-29-15-7-3-8-16-29)37(43-26-30-17-9-4-10-18-30)34(44-36)27-41-24-28-13-5-2-6-14-28/h2-22,33-34,36-37H,23-27H2,1H3/t33-,34-,36-,37+,38?/m1/s1. The van der Waals surface area contributed by atoms with Gasteiger partial charge in [0, 0.05) is 19.1 Å². The summed E-state index contributed by atoms with van der Waals surface area (Å²) in [6.45, 7) is 1.46. The Morgan fingerprint density at radius 3 is 1.91 bits per heavy atom. The predicted octanol–water partition coefficient (Wildman–Crippen LogP) is 6.67. The molecule has 0 spiro atoms. The van der Waals surface area contributed by atoms with Gasteiger partial charge in [0.15, 0.2) is 11.4 Å². The van der Waals surface area contributed by atoms with Gasteiger partial charge in [-0.15, -0.1) is 0 Å². The molecule has 226 valence electrons. The third-order valence-electron chi connectivity index (χ3n) is 8.42. The molecule has 1 saturated heterocycles. The Kier molecular flexibility index (Phi) is 9.76. The van der Waals surface area contributed by atoms with E-state index in [0.29, 0.717) is 26.2 Å². The van der Waals surface area contributed by atoms with Gasteiger partial charge < -0.3 is 23.7 Å². The fraction of sp³-hybridized carbons (Fsp3) is 0.289. The third kappa shape index (κ3) is 6.60. The molecule has 44 heavy (non-hydrogen) atoms. The number of methoxy groups -OCH3 is 1. The number of carbonyl (C=O) groups excluding carboxylic acids is 1. The highest BCUT2D eigenvalue weighted by atomic mass is 16.6. The topological polar surface area (TPSA) is 63.2 Å². The molecule has 2 aliphatic rings. The predicted molar refractivity (Wildman–Crippen MR) is 169 cm³/mol. The average molecular weight is 591 g/mol. The average Bonchev–Trinajstić information content (AvgIpc) is 3.08. The smallest absolute Gasteiger partial charge is 0.194 e. The van der Waals surface area contributed by atoms with E-state index in [1.54, 1.807) is 13.2 Å². The normalized spacial score (nSPS) is 24.6. The van der Waals surface area contributed by atoms with Crippen molar-refractivity contribution in [2.45, 2.75) is 56.3 Å². The van der Waals surface area contributed by atoms with Gasteiger partial charge in [-0.2, -0.15) is 0 Å². The lowest BCUT2D eigenvalue weighted by Gasteiger charge is -2.48. The summed E-state index contributed by atoms with van der Waals surface area (Å²) in [4.78, 5) is 13.8. The van der Waals surface area contributed by atoms with E-state index in [2.05, 4.69) is 0 Å². The summed E-state index contributed by atoms with van der Waals surface area (Å²) in [7, 11) is 1.58. The molecular formula is C38H38O6. The number of rotatable bonds is 12. The lowest BCUT2D eigenvalue weighted by atomic mass is 9.74. The molecule has 6 rings (SSSR count). The van der Waals surface area contributed by atoms with E-state index in [1.807, 2.05) is 121 Å². The van der Waals surface area contributed by atoms with Gasteiger partial charge in [-0.3, -0.25) is 4.79 Å². The van der Waals surface area contributed by atoms with Gasteiger partial charge in [0.05, 0.1) is 32.5 Å². The highest BCUT2D eigenvalue weighted by molar-refractivity contribution is 6.04. The fourth-order valence-corrected chi connectivity index (χ4v) is 6.19. The van der Waals surface area contributed by atoms with Crippen molar-refractivity contribution in [1.29, 1.82) is 0 Å². The Labute approximate surface area is 259 Å². The van der Waals surface area contributed by atoms with Gasteiger partial charge in [-0.05, 0) is 28.3 Å². The van der Waals surface area contributed by atoms with E-state index in [-0.39, 0.29) is 12.4 Å². The zero-order valence-electron chi connectivity index (χ0n) is 24.9. The van der Waals surface area contributed by atoms with Crippen LogP contribution in [0.1, 0.15) is 34.2 Å². The SMILES string of the molecule is COC1([C@H]2C[C@@H](OCc3ccccc3)[C@H](OCc3ccccc3)[C@@H](COCc3ccccc3)O2)C(=O)C=Cc2ccccc21. The van der Waals surface area contributed by atoms with Gasteiger partial charge in [0.25, 0.3) is 0 Å². The maximum Gasteiger partial charge on any atom is 0.194 e. The second kappa shape index (κ2) is 14.2. The quantitative estimate of drug-likeness (QED) is 0.184. The van der Waals surface area contributed by atoms with Crippen molar-refractivity contribution < 1.29 is 28.5 Å². The summed E-state index contributed by atoms with van der Waals surface area (Å²) in [6.07, 6.45) is 1.80. The molecule has 0 N–H and O–H groups in total. The highest BCUT2D eigenvalue weighted by Gasteiger charge is 2.55. The molecule has 6 nitrogen and oxygen atoms in total. The van der Waals surface area contributed by atoms with Gasteiger partial charge in [0.2, 0.25) is 0 Å². The Hall–Kier alpha value is -3.91. The number of hydrogen-bond donors (Lipinski definition) is 0. The van der Waals surface area contributed by atoms with E-state index in [4.69, 9.17) is 23.7 Å². The van der Waals surface area contributed by atoms with E-state index < -0.39 is 30.0 Å². The van der Waals surface area contributed by atoms with Crippen LogP contribution in [0, 0.1) is 0 Å². The molecule has 1 unspecified atom stereocenters. The second-order valence-corrected chi connectivity index (χ2v) is 11.2. The Bertz CT molecular complexity index is 1520. The Morgan fingerprint density at radius 1 is 0.705 bits per heavy atom. The number of fused-ring (bicyclic) bond motifs is 1. The van der Waals surface area contributed by atoms with Gasteiger partial charge in [-0.25, -0.2) is 0 Å². The van der Waals surface area contributed by atoms with Gasteiger partial charge >= 0.3 is 0 Å². The van der Waals surface area contributed by atoms with Crippen molar-refractivity contribution >= 4 is 11.9 Å². The van der Waals surface area contributed by atoms with Crippen molar-refractivity contribution in [3.63, 3.8) is 0 Å². The fourth-order valence-electron chi connectivity index (χ4n) is 6.19. The summed E-state index contributed by atoms with van der Waals surface area (Å²) in [6, 6.07) is 38.0. The van der Waals surface area contributed by atoms with Crippen LogP contribution in [0.2, 0.25) is 0 Å². The van der Waals surface area contributed by atoms with Gasteiger partial charge in [0.1, 0.15) is 18.3 Å². The Balaban J connectivity index is 1.33. The molecule has 1 aliphatic carbocycles. The minimum atomic E-state index is -1.33. The molecule has 0 amide bonds. The molecular weight excluding hydrogens is 552 g/mol. The Morgan fingerprint density at radius 2 is 1.27 bits per heavy atom. The first-order valence-corrected chi connectivity index (χ1v) is 15.1. The number of ether oxygens (including phenoxy) is 5. The van der Waals surface area contributed by atoms with Crippen molar-refractivity contribution in [3.8, 4) is 0 Å². The van der Waals surface area contributed by atoms with Crippen LogP contribution in [-0.2, 0) is 53.9 Å². The molecule has 5 atom stereocenters. The van der Waals surface area contributed by atoms with Crippen LogP contribution in [0.15, 0.2) is 121 Å². The van der Waals surface area contributed by atoms with Crippen LogP contribution in [-0.4, -0.2) is 43.9 Å². The number of benzene rings is 4. The van der Waals surface area contributed by atoms with Crippen LogP contribution < -0.4 is 0 Å². The monoisotopic (exact) mass is 590 g/mol. The van der Waals surface area contributed by atoms with E-state index in [1.165, 1.54) is 0 Å². The van der Waals surface area contributed by atoms with E-state index in [0.717, 1.165) is 27.8 Å². The first kappa shape index (κ1) is 30.1. The van der Waals surface area contributed by atoms with Gasteiger partial charge in [-0.1, -0.05) is 121 Å².